The third-order valence-electron chi connectivity index (χ3n) is 3.23. The van der Waals surface area contributed by atoms with Crippen LogP contribution in [0.15, 0.2) is 12.3 Å². The molecule has 0 aromatic heterocycles. The molecule has 2 rings (SSSR count). The van der Waals surface area contributed by atoms with Crippen LogP contribution in [-0.2, 0) is 14.6 Å². The van der Waals surface area contributed by atoms with E-state index in [1.54, 1.807) is 0 Å². The Kier molecular flexibility index (Phi) is 6.73. The van der Waals surface area contributed by atoms with E-state index < -0.39 is 10.4 Å². The summed E-state index contributed by atoms with van der Waals surface area (Å²) in [6, 6.07) is 0.760. The summed E-state index contributed by atoms with van der Waals surface area (Å²) in [7, 11) is -1.30. The summed E-state index contributed by atoms with van der Waals surface area (Å²) in [5.74, 6) is 0. The highest BCUT2D eigenvalue weighted by Gasteiger charge is 2.26. The van der Waals surface area contributed by atoms with Gasteiger partial charge in [0.15, 0.2) is 0 Å². The maximum Gasteiger partial charge on any atom is 0.397 e. The quantitative estimate of drug-likeness (QED) is 0.733. The van der Waals surface area contributed by atoms with E-state index in [1.807, 2.05) is 7.05 Å². The van der Waals surface area contributed by atoms with Crippen molar-refractivity contribution in [1.29, 1.82) is 0 Å². The molecule has 1 fully saturated rings. The first-order chi connectivity index (χ1) is 8.98. The predicted molar refractivity (Wildman–Crippen MR) is 72.2 cm³/mol. The average Bonchev–Trinajstić information content (AvgIpc) is 2.60. The SMILES string of the molecule is CNN1C=CCCC2CCCCN21.COS(=O)(=O)O. The smallest absolute Gasteiger partial charge is 0.264 e. The standard InChI is InChI=1S/C10H19N3.CH4O4S/c1-11-13-9-5-3-7-10-6-2-4-8-12(10)13;1-5-6(2,3)4/h5,9-11H,2-4,6-8H2,1H3;1H3,(H,2,3,4). The van der Waals surface area contributed by atoms with Crippen LogP contribution in [0.1, 0.15) is 32.1 Å². The number of fused-ring (bicyclic) bond motifs is 1. The molecule has 0 bridgehead atoms. The van der Waals surface area contributed by atoms with Gasteiger partial charge in [0.1, 0.15) is 0 Å². The van der Waals surface area contributed by atoms with E-state index in [0.717, 1.165) is 13.2 Å². The van der Waals surface area contributed by atoms with Gasteiger partial charge in [0, 0.05) is 25.8 Å². The molecule has 0 aliphatic carbocycles. The second-order valence-electron chi connectivity index (χ2n) is 4.44. The zero-order valence-corrected chi connectivity index (χ0v) is 12.3. The van der Waals surface area contributed by atoms with Crippen molar-refractivity contribution in [3.63, 3.8) is 0 Å². The number of allylic oxidation sites excluding steroid dienone is 1. The van der Waals surface area contributed by atoms with E-state index in [4.69, 9.17) is 4.55 Å². The van der Waals surface area contributed by atoms with Crippen molar-refractivity contribution in [2.75, 3.05) is 20.7 Å². The molecule has 19 heavy (non-hydrogen) atoms. The van der Waals surface area contributed by atoms with Crippen LogP contribution < -0.4 is 5.43 Å². The van der Waals surface area contributed by atoms with Gasteiger partial charge in [-0.15, -0.1) is 0 Å². The number of nitrogens with zero attached hydrogens (tertiary/aromatic N) is 2. The first-order valence-electron chi connectivity index (χ1n) is 6.41. The summed E-state index contributed by atoms with van der Waals surface area (Å²) in [5.41, 5.74) is 3.22. The highest BCUT2D eigenvalue weighted by atomic mass is 32.3. The summed E-state index contributed by atoms with van der Waals surface area (Å²) in [6.45, 7) is 1.20. The molecule has 2 aliphatic rings. The lowest BCUT2D eigenvalue weighted by Gasteiger charge is -2.40. The van der Waals surface area contributed by atoms with E-state index >= 15 is 0 Å². The Morgan fingerprint density at radius 1 is 1.37 bits per heavy atom. The van der Waals surface area contributed by atoms with Gasteiger partial charge in [-0.3, -0.25) is 8.74 Å². The molecule has 0 saturated carbocycles. The molecular formula is C11H23N3O4S. The van der Waals surface area contributed by atoms with Crippen LogP contribution in [0.2, 0.25) is 0 Å². The van der Waals surface area contributed by atoms with E-state index in [2.05, 4.69) is 32.0 Å². The Morgan fingerprint density at radius 3 is 2.63 bits per heavy atom. The largest absolute Gasteiger partial charge is 0.397 e. The van der Waals surface area contributed by atoms with Crippen molar-refractivity contribution in [3.8, 4) is 0 Å². The zero-order chi connectivity index (χ0) is 14.3. The number of hydrazine groups is 2. The van der Waals surface area contributed by atoms with Gasteiger partial charge in [-0.2, -0.15) is 8.42 Å². The molecule has 1 atom stereocenters. The van der Waals surface area contributed by atoms with Crippen molar-refractivity contribution in [1.82, 2.24) is 15.6 Å². The second-order valence-corrected chi connectivity index (χ2v) is 5.63. The minimum absolute atomic E-state index is 0.760. The van der Waals surface area contributed by atoms with Crippen LogP contribution in [0.25, 0.3) is 0 Å². The fraction of sp³-hybridized carbons (Fsp3) is 0.818. The van der Waals surface area contributed by atoms with Gasteiger partial charge < -0.3 is 0 Å². The summed E-state index contributed by atoms with van der Waals surface area (Å²) in [4.78, 5) is 0. The molecule has 8 heteroatoms. The van der Waals surface area contributed by atoms with Crippen LogP contribution in [0.3, 0.4) is 0 Å². The Labute approximate surface area is 115 Å². The van der Waals surface area contributed by atoms with Crippen molar-refractivity contribution in [2.45, 2.75) is 38.1 Å². The third-order valence-corrected chi connectivity index (χ3v) is 3.65. The molecule has 2 N–H and O–H groups in total. The molecular weight excluding hydrogens is 270 g/mol. The minimum atomic E-state index is -4.16. The molecule has 1 unspecified atom stereocenters. The monoisotopic (exact) mass is 293 g/mol. The molecule has 0 aromatic rings. The van der Waals surface area contributed by atoms with Crippen LogP contribution >= 0.6 is 0 Å². The van der Waals surface area contributed by atoms with Gasteiger partial charge in [-0.25, -0.2) is 15.6 Å². The van der Waals surface area contributed by atoms with Crippen LogP contribution in [0.4, 0.5) is 0 Å². The zero-order valence-electron chi connectivity index (χ0n) is 11.4. The van der Waals surface area contributed by atoms with E-state index in [1.165, 1.54) is 38.6 Å². The third kappa shape index (κ3) is 5.87. The molecule has 112 valence electrons. The Bertz CT molecular complexity index is 385. The van der Waals surface area contributed by atoms with E-state index in [9.17, 15) is 8.42 Å². The molecule has 0 spiro atoms. The van der Waals surface area contributed by atoms with Gasteiger partial charge in [0.25, 0.3) is 0 Å². The average molecular weight is 293 g/mol. The Hall–Kier alpha value is -0.670. The summed E-state index contributed by atoms with van der Waals surface area (Å²) in [5, 5.41) is 4.61. The summed E-state index contributed by atoms with van der Waals surface area (Å²) >= 11 is 0. The lowest BCUT2D eigenvalue weighted by molar-refractivity contribution is -0.0695. The topological polar surface area (TPSA) is 82.1 Å². The fourth-order valence-electron chi connectivity index (χ4n) is 2.31. The first-order valence-corrected chi connectivity index (χ1v) is 7.77. The molecule has 0 aromatic carbocycles. The van der Waals surface area contributed by atoms with Crippen molar-refractivity contribution in [2.24, 2.45) is 0 Å². The lowest BCUT2D eigenvalue weighted by atomic mass is 10.0. The van der Waals surface area contributed by atoms with Crippen molar-refractivity contribution >= 4 is 10.4 Å². The summed E-state index contributed by atoms with van der Waals surface area (Å²) in [6.07, 6.45) is 11.1. The molecule has 2 heterocycles. The highest BCUT2D eigenvalue weighted by molar-refractivity contribution is 7.80. The number of rotatable bonds is 2. The van der Waals surface area contributed by atoms with Crippen LogP contribution in [0.5, 0.6) is 0 Å². The molecule has 7 nitrogen and oxygen atoms in total. The van der Waals surface area contributed by atoms with E-state index in [-0.39, 0.29) is 0 Å². The maximum absolute atomic E-state index is 9.33. The minimum Gasteiger partial charge on any atom is -0.264 e. The van der Waals surface area contributed by atoms with Crippen LogP contribution in [0, 0.1) is 0 Å². The highest BCUT2D eigenvalue weighted by Crippen LogP contribution is 2.24. The molecule has 2 aliphatic heterocycles. The van der Waals surface area contributed by atoms with Gasteiger partial charge in [-0.05, 0) is 25.7 Å². The first kappa shape index (κ1) is 16.4. The molecule has 0 amide bonds. The molecule has 1 saturated heterocycles. The van der Waals surface area contributed by atoms with Crippen molar-refractivity contribution in [3.05, 3.63) is 12.3 Å². The van der Waals surface area contributed by atoms with Crippen LogP contribution in [-0.4, -0.2) is 49.8 Å². The molecule has 0 radical (unpaired) electrons. The lowest BCUT2D eigenvalue weighted by Crippen LogP contribution is -2.52. The summed E-state index contributed by atoms with van der Waals surface area (Å²) < 4.78 is 29.7. The van der Waals surface area contributed by atoms with Gasteiger partial charge in [0.2, 0.25) is 0 Å². The number of piperidine rings is 1. The number of nitrogens with one attached hydrogen (secondary N) is 1. The number of hydrogen-bond acceptors (Lipinski definition) is 6. The maximum atomic E-state index is 9.33. The van der Waals surface area contributed by atoms with Gasteiger partial charge >= 0.3 is 10.4 Å². The second kappa shape index (κ2) is 7.81. The normalized spacial score (nSPS) is 24.2. The Morgan fingerprint density at radius 2 is 2.05 bits per heavy atom. The fourth-order valence-corrected chi connectivity index (χ4v) is 2.31. The number of hydrogen-bond donors (Lipinski definition) is 2. The van der Waals surface area contributed by atoms with Crippen molar-refractivity contribution < 1.29 is 17.2 Å². The van der Waals surface area contributed by atoms with Gasteiger partial charge in [-0.1, -0.05) is 12.5 Å². The van der Waals surface area contributed by atoms with Gasteiger partial charge in [0.05, 0.1) is 7.11 Å². The Balaban J connectivity index is 0.000000258. The van der Waals surface area contributed by atoms with E-state index in [0.29, 0.717) is 0 Å². The predicted octanol–water partition coefficient (Wildman–Crippen LogP) is 0.935.